The van der Waals surface area contributed by atoms with Gasteiger partial charge in [-0.15, -0.1) is 0 Å². The quantitative estimate of drug-likeness (QED) is 0.772. The zero-order valence-electron chi connectivity index (χ0n) is 6.35. The van der Waals surface area contributed by atoms with E-state index in [0.29, 0.717) is 11.2 Å². The molecule has 0 aliphatic carbocycles. The molecular weight excluding hydrogens is 239 g/mol. The molecule has 1 fully saturated rings. The maximum atomic E-state index is 5.85. The van der Waals surface area contributed by atoms with Crippen LogP contribution in [0.4, 0.5) is 0 Å². The Morgan fingerprint density at radius 3 is 3.00 bits per heavy atom. The van der Waals surface area contributed by atoms with Crippen LogP contribution in [0.5, 0.6) is 0 Å². The van der Waals surface area contributed by atoms with Crippen molar-refractivity contribution in [1.29, 1.82) is 0 Å². The fourth-order valence-corrected chi connectivity index (χ4v) is 1.93. The molecule has 1 saturated heterocycles. The Hall–Kier alpha value is -0.120. The van der Waals surface area contributed by atoms with Gasteiger partial charge in [0, 0.05) is 12.2 Å². The van der Waals surface area contributed by atoms with E-state index in [1.807, 2.05) is 6.07 Å². The highest BCUT2D eigenvalue weighted by molar-refractivity contribution is 9.10. The van der Waals surface area contributed by atoms with Crippen molar-refractivity contribution in [1.82, 2.24) is 10.3 Å². The van der Waals surface area contributed by atoms with Crippen molar-refractivity contribution in [3.63, 3.8) is 0 Å². The molecule has 1 atom stereocenters. The van der Waals surface area contributed by atoms with Crippen LogP contribution in [0.1, 0.15) is 18.0 Å². The molecule has 2 heterocycles. The zero-order chi connectivity index (χ0) is 8.55. The van der Waals surface area contributed by atoms with Gasteiger partial charge in [-0.05, 0) is 40.5 Å². The summed E-state index contributed by atoms with van der Waals surface area (Å²) in [6, 6.07) is 2.45. The predicted molar refractivity (Wildman–Crippen MR) is 52.3 cm³/mol. The van der Waals surface area contributed by atoms with E-state index in [0.717, 1.165) is 11.0 Å². The van der Waals surface area contributed by atoms with Crippen molar-refractivity contribution in [2.75, 3.05) is 6.54 Å². The molecule has 1 aliphatic rings. The van der Waals surface area contributed by atoms with Gasteiger partial charge in [0.1, 0.15) is 5.15 Å². The Balaban J connectivity index is 2.36. The number of rotatable bonds is 1. The van der Waals surface area contributed by atoms with Gasteiger partial charge in [0.25, 0.3) is 0 Å². The number of pyridine rings is 1. The highest BCUT2D eigenvalue weighted by atomic mass is 79.9. The number of aromatic nitrogens is 1. The van der Waals surface area contributed by atoms with Crippen LogP contribution in [0, 0.1) is 0 Å². The molecule has 0 amide bonds. The second-order valence-electron chi connectivity index (χ2n) is 2.80. The van der Waals surface area contributed by atoms with Crippen molar-refractivity contribution in [2.24, 2.45) is 0 Å². The lowest BCUT2D eigenvalue weighted by atomic mass is 9.99. The van der Waals surface area contributed by atoms with Crippen molar-refractivity contribution >= 4 is 27.5 Å². The number of halogens is 2. The SMILES string of the molecule is Clc1nccc(C2CCN2)c1Br. The van der Waals surface area contributed by atoms with Crippen LogP contribution in [-0.4, -0.2) is 11.5 Å². The summed E-state index contributed by atoms with van der Waals surface area (Å²) in [6.45, 7) is 1.09. The Morgan fingerprint density at radius 1 is 1.67 bits per heavy atom. The third-order valence-corrected chi connectivity index (χ3v) is 3.42. The summed E-state index contributed by atoms with van der Waals surface area (Å²) in [5.41, 5.74) is 1.21. The van der Waals surface area contributed by atoms with E-state index >= 15 is 0 Å². The lowest BCUT2D eigenvalue weighted by molar-refractivity contribution is 0.382. The van der Waals surface area contributed by atoms with E-state index in [1.54, 1.807) is 6.20 Å². The van der Waals surface area contributed by atoms with Crippen LogP contribution in [-0.2, 0) is 0 Å². The van der Waals surface area contributed by atoms with Crippen LogP contribution in [0.3, 0.4) is 0 Å². The zero-order valence-corrected chi connectivity index (χ0v) is 8.69. The molecule has 1 aromatic rings. The molecule has 1 aliphatic heterocycles. The fourth-order valence-electron chi connectivity index (χ4n) is 1.26. The maximum absolute atomic E-state index is 5.85. The van der Waals surface area contributed by atoms with Gasteiger partial charge in [-0.2, -0.15) is 0 Å². The van der Waals surface area contributed by atoms with Gasteiger partial charge in [0.2, 0.25) is 0 Å². The summed E-state index contributed by atoms with van der Waals surface area (Å²) in [5.74, 6) is 0. The molecule has 4 heteroatoms. The fraction of sp³-hybridized carbons (Fsp3) is 0.375. The summed E-state index contributed by atoms with van der Waals surface area (Å²) in [7, 11) is 0. The van der Waals surface area contributed by atoms with Gasteiger partial charge in [-0.25, -0.2) is 4.98 Å². The summed E-state index contributed by atoms with van der Waals surface area (Å²) in [4.78, 5) is 3.97. The molecule has 0 spiro atoms. The molecule has 0 saturated carbocycles. The molecule has 0 radical (unpaired) electrons. The minimum Gasteiger partial charge on any atom is -0.310 e. The monoisotopic (exact) mass is 246 g/mol. The van der Waals surface area contributed by atoms with Crippen molar-refractivity contribution in [3.05, 3.63) is 27.5 Å². The minimum absolute atomic E-state index is 0.458. The number of hydrogen-bond acceptors (Lipinski definition) is 2. The average molecular weight is 248 g/mol. The lowest BCUT2D eigenvalue weighted by Gasteiger charge is -2.28. The number of hydrogen-bond donors (Lipinski definition) is 1. The van der Waals surface area contributed by atoms with Crippen LogP contribution >= 0.6 is 27.5 Å². The number of nitrogens with zero attached hydrogens (tertiary/aromatic N) is 1. The molecule has 12 heavy (non-hydrogen) atoms. The van der Waals surface area contributed by atoms with Crippen LogP contribution in [0.15, 0.2) is 16.7 Å². The van der Waals surface area contributed by atoms with Gasteiger partial charge < -0.3 is 5.32 Å². The van der Waals surface area contributed by atoms with E-state index in [-0.39, 0.29) is 0 Å². The first kappa shape index (κ1) is 8.48. The second-order valence-corrected chi connectivity index (χ2v) is 3.95. The number of nitrogens with one attached hydrogen (secondary N) is 1. The standard InChI is InChI=1S/C8H8BrClN2/c9-7-5(6-2-4-11-6)1-3-12-8(7)10/h1,3,6,11H,2,4H2. The normalized spacial score (nSPS) is 22.0. The first-order valence-electron chi connectivity index (χ1n) is 3.82. The Bertz CT molecular complexity index is 299. The van der Waals surface area contributed by atoms with E-state index in [1.165, 1.54) is 12.0 Å². The van der Waals surface area contributed by atoms with Crippen molar-refractivity contribution in [2.45, 2.75) is 12.5 Å². The molecule has 1 N–H and O–H groups in total. The van der Waals surface area contributed by atoms with Gasteiger partial charge in [0.15, 0.2) is 0 Å². The molecule has 64 valence electrons. The largest absolute Gasteiger partial charge is 0.310 e. The van der Waals surface area contributed by atoms with Crippen molar-refractivity contribution in [3.8, 4) is 0 Å². The Kier molecular flexibility index (Phi) is 2.35. The molecular formula is C8H8BrClN2. The van der Waals surface area contributed by atoms with Gasteiger partial charge in [0.05, 0.1) is 4.47 Å². The van der Waals surface area contributed by atoms with Crippen LogP contribution < -0.4 is 5.32 Å². The molecule has 0 aromatic carbocycles. The highest BCUT2D eigenvalue weighted by Crippen LogP contribution is 2.32. The second kappa shape index (κ2) is 3.32. The smallest absolute Gasteiger partial charge is 0.143 e. The average Bonchev–Trinajstić information content (AvgIpc) is 1.95. The topological polar surface area (TPSA) is 24.9 Å². The highest BCUT2D eigenvalue weighted by Gasteiger charge is 2.21. The maximum Gasteiger partial charge on any atom is 0.143 e. The summed E-state index contributed by atoms with van der Waals surface area (Å²) in [6.07, 6.45) is 2.92. The van der Waals surface area contributed by atoms with Crippen molar-refractivity contribution < 1.29 is 0 Å². The summed E-state index contributed by atoms with van der Waals surface area (Å²) >= 11 is 9.27. The molecule has 1 unspecified atom stereocenters. The summed E-state index contributed by atoms with van der Waals surface area (Å²) < 4.78 is 0.920. The minimum atomic E-state index is 0.458. The van der Waals surface area contributed by atoms with E-state index in [9.17, 15) is 0 Å². The predicted octanol–water partition coefficient (Wildman–Crippen LogP) is 2.53. The lowest BCUT2D eigenvalue weighted by Crippen LogP contribution is -2.35. The third-order valence-electron chi connectivity index (χ3n) is 2.08. The molecule has 1 aromatic heterocycles. The first-order valence-corrected chi connectivity index (χ1v) is 4.99. The molecule has 2 nitrogen and oxygen atoms in total. The van der Waals surface area contributed by atoms with E-state index in [4.69, 9.17) is 11.6 Å². The van der Waals surface area contributed by atoms with Gasteiger partial charge in [-0.3, -0.25) is 0 Å². The molecule has 2 rings (SSSR count). The Labute approximate surface area is 84.5 Å². The first-order chi connectivity index (χ1) is 5.79. The summed E-state index contributed by atoms with van der Waals surface area (Å²) in [5, 5.41) is 3.86. The third kappa shape index (κ3) is 1.37. The Morgan fingerprint density at radius 2 is 2.42 bits per heavy atom. The van der Waals surface area contributed by atoms with E-state index in [2.05, 4.69) is 26.2 Å². The van der Waals surface area contributed by atoms with Crippen LogP contribution in [0.2, 0.25) is 5.15 Å². The van der Waals surface area contributed by atoms with Gasteiger partial charge >= 0.3 is 0 Å². The van der Waals surface area contributed by atoms with E-state index < -0.39 is 0 Å². The van der Waals surface area contributed by atoms with Crippen LogP contribution in [0.25, 0.3) is 0 Å². The molecule has 0 bridgehead atoms. The van der Waals surface area contributed by atoms with Gasteiger partial charge in [-0.1, -0.05) is 11.6 Å².